The summed E-state index contributed by atoms with van der Waals surface area (Å²) in [5.74, 6) is -1.20. The summed E-state index contributed by atoms with van der Waals surface area (Å²) in [6.45, 7) is 9.33. The molecule has 7 heterocycles. The number of imide groups is 2. The molecule has 2 aromatic heterocycles. The number of benzene rings is 2. The minimum absolute atomic E-state index is 0.114. The predicted molar refractivity (Wildman–Crippen MR) is 205 cm³/mol. The molecule has 4 amide bonds. The standard InChI is InChI=1S/C42H49N7O5/c50-39-9-8-38(40(51)44-39)49-41(52)33-7-6-29(24-34(33)42(49)53)47-22-12-28(13-23-47)11-19-45-20-14-30(15-21-45)54-31-26-46(27-31)17-3-18-48-36-5-2-1-4-32(36)35-25-43-16-10-37(35)48/h1-2,4-7,10,16,24-25,28,30-31,38H,3,8-9,11-15,17-23,26-27H2,(H,44,50,51). The maximum absolute atomic E-state index is 13.3. The van der Waals surface area contributed by atoms with Crippen LogP contribution in [0, 0.1) is 5.92 Å². The Morgan fingerprint density at radius 2 is 1.52 bits per heavy atom. The highest BCUT2D eigenvalue weighted by molar-refractivity contribution is 6.23. The topological polar surface area (TPSA) is 120 Å². The largest absolute Gasteiger partial charge is 0.372 e. The molecule has 1 atom stereocenters. The zero-order chi connectivity index (χ0) is 36.8. The Kier molecular flexibility index (Phi) is 9.67. The fourth-order valence-electron chi connectivity index (χ4n) is 9.42. The number of likely N-dealkylation sites (tertiary alicyclic amines) is 2. The van der Waals surface area contributed by atoms with Crippen molar-refractivity contribution in [1.82, 2.24) is 29.6 Å². The molecule has 0 saturated carbocycles. The number of pyridine rings is 1. The Labute approximate surface area is 315 Å². The molecule has 4 aromatic rings. The minimum Gasteiger partial charge on any atom is -0.372 e. The van der Waals surface area contributed by atoms with Gasteiger partial charge in [-0.05, 0) is 87.7 Å². The molecule has 54 heavy (non-hydrogen) atoms. The first kappa shape index (κ1) is 35.1. The molecule has 0 bridgehead atoms. The number of para-hydroxylation sites is 1. The van der Waals surface area contributed by atoms with Crippen LogP contribution in [0.5, 0.6) is 0 Å². The fourth-order valence-corrected chi connectivity index (χ4v) is 9.42. The van der Waals surface area contributed by atoms with Crippen molar-refractivity contribution in [2.75, 3.05) is 57.3 Å². The third kappa shape index (κ3) is 6.80. The van der Waals surface area contributed by atoms with Crippen LogP contribution in [-0.4, -0.2) is 118 Å². The summed E-state index contributed by atoms with van der Waals surface area (Å²) in [7, 11) is 0. The van der Waals surface area contributed by atoms with Crippen molar-refractivity contribution in [2.24, 2.45) is 5.92 Å². The van der Waals surface area contributed by atoms with Gasteiger partial charge in [-0.15, -0.1) is 0 Å². The van der Waals surface area contributed by atoms with Gasteiger partial charge in [0.1, 0.15) is 6.04 Å². The van der Waals surface area contributed by atoms with E-state index in [9.17, 15) is 19.2 Å². The van der Waals surface area contributed by atoms with Crippen LogP contribution in [0.1, 0.15) is 72.1 Å². The minimum atomic E-state index is -0.944. The number of anilines is 1. The van der Waals surface area contributed by atoms with E-state index >= 15 is 0 Å². The first-order chi connectivity index (χ1) is 26.4. The SMILES string of the molecule is O=C1CCC(N2C(=O)c3ccc(N4CCC(CCN5CCC(OC6CN(CCCn7c8ccccc8c8cnccc87)C6)CC5)CC4)cc3C2=O)C(=O)N1. The maximum atomic E-state index is 13.3. The van der Waals surface area contributed by atoms with Gasteiger partial charge in [0.15, 0.2) is 0 Å². The average Bonchev–Trinajstić information content (AvgIpc) is 3.63. The molecule has 5 aliphatic heterocycles. The predicted octanol–water partition coefficient (Wildman–Crippen LogP) is 4.45. The number of aromatic nitrogens is 2. The molecule has 12 heteroatoms. The van der Waals surface area contributed by atoms with E-state index in [1.54, 1.807) is 6.07 Å². The van der Waals surface area contributed by atoms with E-state index in [-0.39, 0.29) is 18.7 Å². The molecular weight excluding hydrogens is 683 g/mol. The van der Waals surface area contributed by atoms with Crippen molar-refractivity contribution in [3.8, 4) is 0 Å². The Morgan fingerprint density at radius 3 is 2.33 bits per heavy atom. The van der Waals surface area contributed by atoms with Crippen LogP contribution < -0.4 is 10.2 Å². The second-order valence-electron chi connectivity index (χ2n) is 15.9. The molecule has 1 N–H and O–H groups in total. The van der Waals surface area contributed by atoms with Gasteiger partial charge in [-0.3, -0.25) is 39.3 Å². The molecule has 0 radical (unpaired) electrons. The van der Waals surface area contributed by atoms with E-state index in [0.717, 1.165) is 102 Å². The quantitative estimate of drug-likeness (QED) is 0.223. The molecule has 282 valence electrons. The highest BCUT2D eigenvalue weighted by Crippen LogP contribution is 2.33. The van der Waals surface area contributed by atoms with Crippen LogP contribution in [0.4, 0.5) is 5.69 Å². The number of ether oxygens (including phenoxy) is 1. The lowest BCUT2D eigenvalue weighted by Crippen LogP contribution is -2.54. The highest BCUT2D eigenvalue weighted by atomic mass is 16.5. The lowest BCUT2D eigenvalue weighted by molar-refractivity contribution is -0.136. The summed E-state index contributed by atoms with van der Waals surface area (Å²) >= 11 is 0. The first-order valence-electron chi connectivity index (χ1n) is 19.9. The Morgan fingerprint density at radius 1 is 0.741 bits per heavy atom. The summed E-state index contributed by atoms with van der Waals surface area (Å²) < 4.78 is 9.00. The van der Waals surface area contributed by atoms with Gasteiger partial charge in [-0.25, -0.2) is 0 Å². The number of hydrogen-bond acceptors (Lipinski definition) is 9. The zero-order valence-corrected chi connectivity index (χ0v) is 30.8. The van der Waals surface area contributed by atoms with Gasteiger partial charge in [0.05, 0.1) is 28.9 Å². The van der Waals surface area contributed by atoms with Gasteiger partial charge in [0.2, 0.25) is 11.8 Å². The van der Waals surface area contributed by atoms with Crippen LogP contribution in [0.2, 0.25) is 0 Å². The van der Waals surface area contributed by atoms with Crippen molar-refractivity contribution in [2.45, 2.75) is 76.2 Å². The number of fused-ring (bicyclic) bond motifs is 4. The van der Waals surface area contributed by atoms with Gasteiger partial charge in [-0.2, -0.15) is 0 Å². The van der Waals surface area contributed by atoms with Crippen molar-refractivity contribution in [3.05, 3.63) is 72.1 Å². The second-order valence-corrected chi connectivity index (χ2v) is 15.9. The number of carbonyl (C=O) groups is 4. The number of aryl methyl sites for hydroxylation is 1. The Balaban J connectivity index is 0.670. The van der Waals surface area contributed by atoms with Gasteiger partial charge < -0.3 is 19.1 Å². The van der Waals surface area contributed by atoms with Crippen molar-refractivity contribution in [3.63, 3.8) is 0 Å². The summed E-state index contributed by atoms with van der Waals surface area (Å²) in [6.07, 6.45) is 11.6. The number of nitrogens with zero attached hydrogens (tertiary/aromatic N) is 6. The second kappa shape index (κ2) is 14.9. The molecule has 4 fully saturated rings. The third-order valence-corrected chi connectivity index (χ3v) is 12.5. The number of rotatable bonds is 11. The smallest absolute Gasteiger partial charge is 0.262 e. The molecule has 1 unspecified atom stereocenters. The number of carbonyl (C=O) groups excluding carboxylic acids is 4. The van der Waals surface area contributed by atoms with Gasteiger partial charge in [0, 0.05) is 93.1 Å². The van der Waals surface area contributed by atoms with Crippen molar-refractivity contribution >= 4 is 51.1 Å². The molecule has 12 nitrogen and oxygen atoms in total. The van der Waals surface area contributed by atoms with E-state index in [4.69, 9.17) is 4.74 Å². The molecule has 4 saturated heterocycles. The summed E-state index contributed by atoms with van der Waals surface area (Å²) in [5, 5.41) is 4.77. The van der Waals surface area contributed by atoms with Gasteiger partial charge in [0.25, 0.3) is 11.8 Å². The number of piperidine rings is 3. The molecular formula is C42H49N7O5. The summed E-state index contributed by atoms with van der Waals surface area (Å²) in [4.78, 5) is 63.2. The van der Waals surface area contributed by atoms with Crippen LogP contribution >= 0.6 is 0 Å². The molecule has 5 aliphatic rings. The van der Waals surface area contributed by atoms with E-state index < -0.39 is 23.8 Å². The van der Waals surface area contributed by atoms with Crippen LogP contribution in [0.25, 0.3) is 21.8 Å². The zero-order valence-electron chi connectivity index (χ0n) is 30.8. The van der Waals surface area contributed by atoms with Crippen molar-refractivity contribution in [1.29, 1.82) is 0 Å². The Bertz CT molecular complexity index is 2020. The molecule has 0 spiro atoms. The van der Waals surface area contributed by atoms with E-state index in [1.165, 1.54) is 28.2 Å². The lowest BCUT2D eigenvalue weighted by Gasteiger charge is -2.42. The summed E-state index contributed by atoms with van der Waals surface area (Å²) in [5.41, 5.74) is 4.16. The monoisotopic (exact) mass is 731 g/mol. The average molecular weight is 732 g/mol. The van der Waals surface area contributed by atoms with Crippen LogP contribution in [0.15, 0.2) is 60.9 Å². The molecule has 0 aliphatic carbocycles. The van der Waals surface area contributed by atoms with E-state index in [0.29, 0.717) is 29.3 Å². The maximum Gasteiger partial charge on any atom is 0.262 e. The normalized spacial score (nSPS) is 22.4. The Hall–Kier alpha value is -4.65. The van der Waals surface area contributed by atoms with Crippen LogP contribution in [0.3, 0.4) is 0 Å². The van der Waals surface area contributed by atoms with E-state index in [2.05, 4.69) is 59.9 Å². The number of hydrogen-bond donors (Lipinski definition) is 1. The van der Waals surface area contributed by atoms with Crippen molar-refractivity contribution < 1.29 is 23.9 Å². The highest BCUT2D eigenvalue weighted by Gasteiger charge is 2.45. The first-order valence-corrected chi connectivity index (χ1v) is 19.9. The molecule has 2 aromatic carbocycles. The van der Waals surface area contributed by atoms with Crippen LogP contribution in [-0.2, 0) is 20.9 Å². The van der Waals surface area contributed by atoms with E-state index in [1.807, 2.05) is 24.5 Å². The molecule has 9 rings (SSSR count). The van der Waals surface area contributed by atoms with Gasteiger partial charge >= 0.3 is 0 Å². The van der Waals surface area contributed by atoms with Gasteiger partial charge in [-0.1, -0.05) is 18.2 Å². The summed E-state index contributed by atoms with van der Waals surface area (Å²) in [6, 6.07) is 15.3. The number of amides is 4. The third-order valence-electron chi connectivity index (χ3n) is 12.5. The lowest BCUT2D eigenvalue weighted by atomic mass is 9.92. The number of nitrogens with one attached hydrogen (secondary N) is 1. The fraction of sp³-hybridized carbons (Fsp3) is 0.500.